The predicted octanol–water partition coefficient (Wildman–Crippen LogP) is 1.34. The van der Waals surface area contributed by atoms with E-state index in [4.69, 9.17) is 4.74 Å². The van der Waals surface area contributed by atoms with Crippen LogP contribution >= 0.6 is 0 Å². The number of carbonyl (C=O) groups excluding carboxylic acids is 2. The van der Waals surface area contributed by atoms with Crippen molar-refractivity contribution in [3.8, 4) is 0 Å². The van der Waals surface area contributed by atoms with Crippen LogP contribution in [0.2, 0.25) is 0 Å². The van der Waals surface area contributed by atoms with Crippen molar-refractivity contribution in [2.75, 3.05) is 33.4 Å². The van der Waals surface area contributed by atoms with Crippen molar-refractivity contribution < 1.29 is 14.3 Å². The van der Waals surface area contributed by atoms with E-state index in [2.05, 4.69) is 10.3 Å². The zero-order chi connectivity index (χ0) is 16.9. The highest BCUT2D eigenvalue weighted by Crippen LogP contribution is 2.18. The van der Waals surface area contributed by atoms with Crippen LogP contribution in [0.3, 0.4) is 0 Å². The number of aromatic nitrogens is 2. The lowest BCUT2D eigenvalue weighted by molar-refractivity contribution is 0.0789. The molecule has 2 amide bonds. The summed E-state index contributed by atoms with van der Waals surface area (Å²) in [5.74, 6) is -0.145. The van der Waals surface area contributed by atoms with E-state index in [1.54, 1.807) is 22.6 Å². The Labute approximate surface area is 140 Å². The standard InChI is InChI=1S/C17H22N4O3/c1-24-12-6-8-18-16(22)15-19-14(13-7-2-3-11-21(13)15)17(23)20-9-4-5-10-20/h2-3,7,11H,4-6,8-10,12H2,1H3,(H,18,22). The molecule has 0 aromatic carbocycles. The monoisotopic (exact) mass is 330 g/mol. The number of fused-ring (bicyclic) bond motifs is 1. The molecule has 2 aromatic heterocycles. The Kier molecular flexibility index (Phi) is 5.10. The van der Waals surface area contributed by atoms with Crippen molar-refractivity contribution in [3.63, 3.8) is 0 Å². The second-order valence-corrected chi connectivity index (χ2v) is 5.84. The van der Waals surface area contributed by atoms with E-state index in [1.807, 2.05) is 18.2 Å². The summed E-state index contributed by atoms with van der Waals surface area (Å²) >= 11 is 0. The highest BCUT2D eigenvalue weighted by atomic mass is 16.5. The van der Waals surface area contributed by atoms with Crippen LogP contribution in [0.15, 0.2) is 24.4 Å². The lowest BCUT2D eigenvalue weighted by atomic mass is 10.3. The molecular formula is C17H22N4O3. The van der Waals surface area contributed by atoms with Gasteiger partial charge in [0.1, 0.15) is 0 Å². The topological polar surface area (TPSA) is 75.9 Å². The van der Waals surface area contributed by atoms with E-state index in [0.717, 1.165) is 32.4 Å². The van der Waals surface area contributed by atoms with Gasteiger partial charge < -0.3 is 15.0 Å². The number of imidazole rings is 1. The predicted molar refractivity (Wildman–Crippen MR) is 89.2 cm³/mol. The number of hydrogen-bond donors (Lipinski definition) is 1. The van der Waals surface area contributed by atoms with Crippen molar-refractivity contribution in [1.29, 1.82) is 0 Å². The summed E-state index contributed by atoms with van der Waals surface area (Å²) in [5, 5.41) is 2.82. The van der Waals surface area contributed by atoms with E-state index < -0.39 is 0 Å². The fraction of sp³-hybridized carbons (Fsp3) is 0.471. The van der Waals surface area contributed by atoms with E-state index in [0.29, 0.717) is 24.4 Å². The molecule has 0 bridgehead atoms. The number of ether oxygens (including phenoxy) is 1. The second-order valence-electron chi connectivity index (χ2n) is 5.84. The summed E-state index contributed by atoms with van der Waals surface area (Å²) in [6, 6.07) is 5.48. The number of nitrogens with zero attached hydrogens (tertiary/aromatic N) is 3. The zero-order valence-corrected chi connectivity index (χ0v) is 13.8. The minimum absolute atomic E-state index is 0.102. The van der Waals surface area contributed by atoms with Crippen LogP contribution in [0, 0.1) is 0 Å². The van der Waals surface area contributed by atoms with Crippen molar-refractivity contribution >= 4 is 17.3 Å². The first-order valence-electron chi connectivity index (χ1n) is 8.26. The minimum Gasteiger partial charge on any atom is -0.385 e. The van der Waals surface area contributed by atoms with Gasteiger partial charge >= 0.3 is 0 Å². The van der Waals surface area contributed by atoms with Crippen LogP contribution in [-0.2, 0) is 4.74 Å². The van der Waals surface area contributed by atoms with Crippen LogP contribution in [0.4, 0.5) is 0 Å². The first-order chi connectivity index (χ1) is 11.7. The average molecular weight is 330 g/mol. The highest BCUT2D eigenvalue weighted by molar-refractivity contribution is 6.02. The summed E-state index contributed by atoms with van der Waals surface area (Å²) in [6.45, 7) is 2.59. The smallest absolute Gasteiger partial charge is 0.287 e. The number of amides is 2. The van der Waals surface area contributed by atoms with Gasteiger partial charge in [-0.25, -0.2) is 4.98 Å². The van der Waals surface area contributed by atoms with Crippen molar-refractivity contribution in [2.45, 2.75) is 19.3 Å². The lowest BCUT2D eigenvalue weighted by Gasteiger charge is -2.13. The summed E-state index contributed by atoms with van der Waals surface area (Å²) in [7, 11) is 1.63. The summed E-state index contributed by atoms with van der Waals surface area (Å²) in [4.78, 5) is 31.3. The molecule has 0 spiro atoms. The maximum atomic E-state index is 12.7. The van der Waals surface area contributed by atoms with Gasteiger partial charge in [-0.3, -0.25) is 14.0 Å². The quantitative estimate of drug-likeness (QED) is 0.811. The molecule has 0 radical (unpaired) electrons. The fourth-order valence-corrected chi connectivity index (χ4v) is 2.92. The average Bonchev–Trinajstić information content (AvgIpc) is 3.26. The molecular weight excluding hydrogens is 308 g/mol. The van der Waals surface area contributed by atoms with Crippen molar-refractivity contribution in [2.24, 2.45) is 0 Å². The fourth-order valence-electron chi connectivity index (χ4n) is 2.92. The van der Waals surface area contributed by atoms with Gasteiger partial charge in [0.05, 0.1) is 5.52 Å². The number of pyridine rings is 1. The molecule has 0 aliphatic carbocycles. The van der Waals surface area contributed by atoms with Gasteiger partial charge in [-0.2, -0.15) is 0 Å². The Morgan fingerprint density at radius 2 is 2.08 bits per heavy atom. The molecule has 1 saturated heterocycles. The minimum atomic E-state index is -0.284. The maximum Gasteiger partial charge on any atom is 0.287 e. The highest BCUT2D eigenvalue weighted by Gasteiger charge is 2.26. The third-order valence-corrected chi connectivity index (χ3v) is 4.16. The van der Waals surface area contributed by atoms with E-state index in [1.165, 1.54) is 0 Å². The van der Waals surface area contributed by atoms with Gasteiger partial charge in [0.25, 0.3) is 11.8 Å². The molecule has 1 aliphatic heterocycles. The Hall–Kier alpha value is -2.41. The summed E-state index contributed by atoms with van der Waals surface area (Å²) < 4.78 is 6.65. The lowest BCUT2D eigenvalue weighted by Crippen LogP contribution is -2.29. The molecule has 0 unspecified atom stereocenters. The third-order valence-electron chi connectivity index (χ3n) is 4.16. The number of rotatable bonds is 6. The Morgan fingerprint density at radius 1 is 1.29 bits per heavy atom. The SMILES string of the molecule is COCCCNC(=O)c1nc(C(=O)N2CCCC2)c2ccccn12. The Balaban J connectivity index is 1.86. The van der Waals surface area contributed by atoms with Crippen LogP contribution in [0.1, 0.15) is 40.4 Å². The molecule has 0 saturated carbocycles. The molecule has 1 aliphatic rings. The molecule has 2 aromatic rings. The first kappa shape index (κ1) is 16.4. The normalized spacial score (nSPS) is 14.3. The number of nitrogens with one attached hydrogen (secondary N) is 1. The third kappa shape index (κ3) is 3.26. The Morgan fingerprint density at radius 3 is 2.83 bits per heavy atom. The molecule has 7 nitrogen and oxygen atoms in total. The van der Waals surface area contributed by atoms with E-state index in [9.17, 15) is 9.59 Å². The van der Waals surface area contributed by atoms with Crippen molar-refractivity contribution in [1.82, 2.24) is 19.6 Å². The van der Waals surface area contributed by atoms with E-state index >= 15 is 0 Å². The zero-order valence-electron chi connectivity index (χ0n) is 13.8. The number of likely N-dealkylation sites (tertiary alicyclic amines) is 1. The second kappa shape index (κ2) is 7.44. The molecule has 1 N–H and O–H groups in total. The summed E-state index contributed by atoms with van der Waals surface area (Å²) in [6.07, 6.45) is 4.52. The molecule has 128 valence electrons. The molecule has 3 rings (SSSR count). The van der Waals surface area contributed by atoms with Crippen molar-refractivity contribution in [3.05, 3.63) is 35.9 Å². The van der Waals surface area contributed by atoms with Gasteiger partial charge in [-0.1, -0.05) is 6.07 Å². The van der Waals surface area contributed by atoms with Gasteiger partial charge in [0.15, 0.2) is 5.69 Å². The van der Waals surface area contributed by atoms with Crippen LogP contribution < -0.4 is 5.32 Å². The first-order valence-corrected chi connectivity index (χ1v) is 8.26. The number of methoxy groups -OCH3 is 1. The maximum absolute atomic E-state index is 12.7. The van der Waals surface area contributed by atoms with Gasteiger partial charge in [0, 0.05) is 39.5 Å². The van der Waals surface area contributed by atoms with Gasteiger partial charge in [-0.15, -0.1) is 0 Å². The molecule has 0 atom stereocenters. The number of hydrogen-bond acceptors (Lipinski definition) is 4. The molecule has 3 heterocycles. The molecule has 7 heteroatoms. The van der Waals surface area contributed by atoms with Crippen LogP contribution in [-0.4, -0.2) is 59.4 Å². The van der Waals surface area contributed by atoms with Crippen LogP contribution in [0.25, 0.3) is 5.52 Å². The van der Waals surface area contributed by atoms with Gasteiger partial charge in [-0.05, 0) is 31.4 Å². The van der Waals surface area contributed by atoms with E-state index in [-0.39, 0.29) is 17.6 Å². The summed E-state index contributed by atoms with van der Waals surface area (Å²) in [5.41, 5.74) is 1.01. The van der Waals surface area contributed by atoms with Crippen LogP contribution in [0.5, 0.6) is 0 Å². The molecule has 24 heavy (non-hydrogen) atoms. The molecule has 1 fully saturated rings. The largest absolute Gasteiger partial charge is 0.385 e. The number of carbonyl (C=O) groups is 2. The Bertz CT molecular complexity index is 735. The van der Waals surface area contributed by atoms with Gasteiger partial charge in [0.2, 0.25) is 5.82 Å².